The molecule has 0 aliphatic carbocycles. The molecule has 0 saturated carbocycles. The van der Waals surface area contributed by atoms with Crippen LogP contribution in [0.1, 0.15) is 25.0 Å². The van der Waals surface area contributed by atoms with Crippen molar-refractivity contribution < 1.29 is 0 Å². The second-order valence-electron chi connectivity index (χ2n) is 5.04. The summed E-state index contributed by atoms with van der Waals surface area (Å²) in [5.74, 6) is 0. The standard InChI is InChI=1S/C16H19ClN2S/c1-11(2)19-10-13-9-12(3)6-7-15(13)20-16-14(17)5-4-8-18-16/h4-9,11,19H,10H2,1-3H3. The van der Waals surface area contributed by atoms with E-state index in [2.05, 4.69) is 49.3 Å². The molecule has 0 spiro atoms. The van der Waals surface area contributed by atoms with Crippen LogP contribution in [0.3, 0.4) is 0 Å². The Morgan fingerprint density at radius 2 is 2.10 bits per heavy atom. The van der Waals surface area contributed by atoms with Gasteiger partial charge in [0.05, 0.1) is 5.02 Å². The lowest BCUT2D eigenvalue weighted by Crippen LogP contribution is -2.22. The Kier molecular flexibility index (Phi) is 5.46. The van der Waals surface area contributed by atoms with Crippen molar-refractivity contribution in [3.05, 3.63) is 52.7 Å². The fourth-order valence-electron chi connectivity index (χ4n) is 1.81. The predicted molar refractivity (Wildman–Crippen MR) is 86.5 cm³/mol. The van der Waals surface area contributed by atoms with Crippen molar-refractivity contribution in [2.45, 2.75) is 43.3 Å². The largest absolute Gasteiger partial charge is 0.310 e. The third kappa shape index (κ3) is 4.23. The summed E-state index contributed by atoms with van der Waals surface area (Å²) in [6.45, 7) is 7.27. The third-order valence-electron chi connectivity index (χ3n) is 2.85. The van der Waals surface area contributed by atoms with Gasteiger partial charge in [0.2, 0.25) is 0 Å². The number of nitrogens with zero attached hydrogens (tertiary/aromatic N) is 1. The van der Waals surface area contributed by atoms with E-state index in [1.54, 1.807) is 18.0 Å². The number of aromatic nitrogens is 1. The summed E-state index contributed by atoms with van der Waals surface area (Å²) in [6.07, 6.45) is 1.77. The van der Waals surface area contributed by atoms with Gasteiger partial charge in [0, 0.05) is 23.7 Å². The van der Waals surface area contributed by atoms with Gasteiger partial charge in [-0.15, -0.1) is 0 Å². The van der Waals surface area contributed by atoms with E-state index in [4.69, 9.17) is 11.6 Å². The molecule has 0 radical (unpaired) electrons. The Balaban J connectivity index is 2.24. The molecule has 0 unspecified atom stereocenters. The number of hydrogen-bond donors (Lipinski definition) is 1. The monoisotopic (exact) mass is 306 g/mol. The van der Waals surface area contributed by atoms with Gasteiger partial charge in [0.1, 0.15) is 5.03 Å². The fraction of sp³-hybridized carbons (Fsp3) is 0.312. The van der Waals surface area contributed by atoms with Crippen LogP contribution in [-0.4, -0.2) is 11.0 Å². The van der Waals surface area contributed by atoms with Crippen LogP contribution in [0.25, 0.3) is 0 Å². The van der Waals surface area contributed by atoms with Gasteiger partial charge in [-0.2, -0.15) is 0 Å². The van der Waals surface area contributed by atoms with Crippen LogP contribution < -0.4 is 5.32 Å². The Bertz CT molecular complexity index is 584. The van der Waals surface area contributed by atoms with Gasteiger partial charge in [-0.25, -0.2) is 4.98 Å². The quantitative estimate of drug-likeness (QED) is 0.867. The molecule has 1 aromatic heterocycles. The molecule has 0 atom stereocenters. The number of nitrogens with one attached hydrogen (secondary N) is 1. The maximum atomic E-state index is 6.19. The van der Waals surface area contributed by atoms with E-state index < -0.39 is 0 Å². The minimum Gasteiger partial charge on any atom is -0.310 e. The summed E-state index contributed by atoms with van der Waals surface area (Å²) in [7, 11) is 0. The predicted octanol–water partition coefficient (Wildman–Crippen LogP) is 4.69. The molecular formula is C16H19ClN2S. The maximum absolute atomic E-state index is 6.19. The highest BCUT2D eigenvalue weighted by Gasteiger charge is 2.09. The van der Waals surface area contributed by atoms with E-state index in [0.717, 1.165) is 11.6 Å². The first kappa shape index (κ1) is 15.4. The lowest BCUT2D eigenvalue weighted by Gasteiger charge is -2.13. The average Bonchev–Trinajstić information content (AvgIpc) is 2.41. The van der Waals surface area contributed by atoms with E-state index in [-0.39, 0.29) is 0 Å². The van der Waals surface area contributed by atoms with Crippen molar-refractivity contribution in [2.24, 2.45) is 0 Å². The van der Waals surface area contributed by atoms with Gasteiger partial charge in [-0.3, -0.25) is 0 Å². The second kappa shape index (κ2) is 7.11. The minimum atomic E-state index is 0.465. The number of halogens is 1. The van der Waals surface area contributed by atoms with E-state index in [1.165, 1.54) is 16.0 Å². The highest BCUT2D eigenvalue weighted by Crippen LogP contribution is 2.33. The zero-order valence-electron chi connectivity index (χ0n) is 12.0. The zero-order chi connectivity index (χ0) is 14.5. The second-order valence-corrected chi connectivity index (χ2v) is 6.48. The van der Waals surface area contributed by atoms with Crippen LogP contribution in [0.5, 0.6) is 0 Å². The molecular weight excluding hydrogens is 288 g/mol. The normalized spacial score (nSPS) is 11.1. The van der Waals surface area contributed by atoms with Crippen LogP contribution >= 0.6 is 23.4 Å². The van der Waals surface area contributed by atoms with Crippen LogP contribution in [0.15, 0.2) is 46.5 Å². The Labute approximate surface area is 130 Å². The molecule has 106 valence electrons. The van der Waals surface area contributed by atoms with Crippen LogP contribution in [0.2, 0.25) is 5.02 Å². The summed E-state index contributed by atoms with van der Waals surface area (Å²) in [4.78, 5) is 5.54. The lowest BCUT2D eigenvalue weighted by atomic mass is 10.1. The van der Waals surface area contributed by atoms with Crippen LogP contribution in [0.4, 0.5) is 0 Å². The number of aryl methyl sites for hydroxylation is 1. The first-order chi connectivity index (χ1) is 9.56. The molecule has 0 bridgehead atoms. The lowest BCUT2D eigenvalue weighted by molar-refractivity contribution is 0.584. The van der Waals surface area contributed by atoms with Gasteiger partial charge in [0.15, 0.2) is 0 Å². The van der Waals surface area contributed by atoms with Gasteiger partial charge in [0.25, 0.3) is 0 Å². The fourth-order valence-corrected chi connectivity index (χ4v) is 2.93. The number of benzene rings is 1. The van der Waals surface area contributed by atoms with Gasteiger partial charge in [-0.1, -0.05) is 54.9 Å². The van der Waals surface area contributed by atoms with Crippen LogP contribution in [-0.2, 0) is 6.54 Å². The molecule has 2 rings (SSSR count). The molecule has 0 amide bonds. The SMILES string of the molecule is Cc1ccc(Sc2ncccc2Cl)c(CNC(C)C)c1. The van der Waals surface area contributed by atoms with Gasteiger partial charge >= 0.3 is 0 Å². The Hall–Kier alpha value is -1.03. The Morgan fingerprint density at radius 1 is 1.30 bits per heavy atom. The topological polar surface area (TPSA) is 24.9 Å². The summed E-state index contributed by atoms with van der Waals surface area (Å²) in [6, 6.07) is 10.7. The smallest absolute Gasteiger partial charge is 0.119 e. The average molecular weight is 307 g/mol. The molecule has 2 aromatic rings. The van der Waals surface area contributed by atoms with Crippen molar-refractivity contribution >= 4 is 23.4 Å². The molecule has 1 heterocycles. The minimum absolute atomic E-state index is 0.465. The summed E-state index contributed by atoms with van der Waals surface area (Å²) >= 11 is 7.80. The molecule has 0 aliphatic rings. The van der Waals surface area contributed by atoms with Crippen molar-refractivity contribution in [2.75, 3.05) is 0 Å². The highest BCUT2D eigenvalue weighted by molar-refractivity contribution is 7.99. The molecule has 0 saturated heterocycles. The molecule has 0 fully saturated rings. The first-order valence-electron chi connectivity index (χ1n) is 6.67. The van der Waals surface area contributed by atoms with E-state index >= 15 is 0 Å². The third-order valence-corrected chi connectivity index (χ3v) is 4.40. The van der Waals surface area contributed by atoms with E-state index in [9.17, 15) is 0 Å². The van der Waals surface area contributed by atoms with Crippen molar-refractivity contribution in [1.82, 2.24) is 10.3 Å². The molecule has 2 nitrogen and oxygen atoms in total. The zero-order valence-corrected chi connectivity index (χ0v) is 13.6. The molecule has 0 aliphatic heterocycles. The maximum Gasteiger partial charge on any atom is 0.119 e. The molecule has 4 heteroatoms. The number of hydrogen-bond acceptors (Lipinski definition) is 3. The molecule has 1 aromatic carbocycles. The summed E-state index contributed by atoms with van der Waals surface area (Å²) in [5, 5.41) is 5.01. The van der Waals surface area contributed by atoms with E-state index in [1.807, 2.05) is 12.1 Å². The van der Waals surface area contributed by atoms with Gasteiger partial charge < -0.3 is 5.32 Å². The van der Waals surface area contributed by atoms with E-state index in [0.29, 0.717) is 11.1 Å². The summed E-state index contributed by atoms with van der Waals surface area (Å²) < 4.78 is 0. The molecule has 1 N–H and O–H groups in total. The van der Waals surface area contributed by atoms with Crippen molar-refractivity contribution in [3.8, 4) is 0 Å². The molecule has 20 heavy (non-hydrogen) atoms. The Morgan fingerprint density at radius 3 is 2.80 bits per heavy atom. The number of pyridine rings is 1. The van der Waals surface area contributed by atoms with Crippen LogP contribution in [0, 0.1) is 6.92 Å². The number of rotatable bonds is 5. The first-order valence-corrected chi connectivity index (χ1v) is 7.87. The van der Waals surface area contributed by atoms with Gasteiger partial charge in [-0.05, 0) is 30.7 Å². The summed E-state index contributed by atoms with van der Waals surface area (Å²) in [5.41, 5.74) is 2.55. The van der Waals surface area contributed by atoms with Crippen molar-refractivity contribution in [1.29, 1.82) is 0 Å². The highest BCUT2D eigenvalue weighted by atomic mass is 35.5. The van der Waals surface area contributed by atoms with Crippen molar-refractivity contribution in [3.63, 3.8) is 0 Å².